The van der Waals surface area contributed by atoms with Gasteiger partial charge in [0.25, 0.3) is 0 Å². The van der Waals surface area contributed by atoms with E-state index in [2.05, 4.69) is 0 Å². The zero-order valence-corrected chi connectivity index (χ0v) is 12.8. The fourth-order valence-electron chi connectivity index (χ4n) is 2.39. The molecule has 0 spiro atoms. The van der Waals surface area contributed by atoms with Gasteiger partial charge >= 0.3 is 6.09 Å². The molecule has 0 saturated carbocycles. The van der Waals surface area contributed by atoms with Crippen molar-refractivity contribution in [3.05, 3.63) is 35.9 Å². The van der Waals surface area contributed by atoms with Crippen LogP contribution < -0.4 is 0 Å². The average molecular weight is 290 g/mol. The third-order valence-corrected chi connectivity index (χ3v) is 3.39. The van der Waals surface area contributed by atoms with Crippen molar-refractivity contribution in [2.24, 2.45) is 0 Å². The van der Waals surface area contributed by atoms with Crippen molar-refractivity contribution in [3.8, 4) is 0 Å². The lowest BCUT2D eigenvalue weighted by Gasteiger charge is -2.40. The van der Waals surface area contributed by atoms with Crippen LogP contribution in [0.15, 0.2) is 30.3 Å². The molecule has 1 aliphatic heterocycles. The van der Waals surface area contributed by atoms with E-state index in [9.17, 15) is 9.59 Å². The van der Waals surface area contributed by atoms with Crippen LogP contribution in [0.3, 0.4) is 0 Å². The zero-order valence-electron chi connectivity index (χ0n) is 12.8. The average Bonchev–Trinajstić information content (AvgIpc) is 2.45. The van der Waals surface area contributed by atoms with Crippen molar-refractivity contribution in [2.75, 3.05) is 19.6 Å². The topological polar surface area (TPSA) is 49.9 Å². The van der Waals surface area contributed by atoms with Crippen LogP contribution in [0, 0.1) is 0 Å². The summed E-state index contributed by atoms with van der Waals surface area (Å²) in [6, 6.07) is 9.63. The predicted octanol–water partition coefficient (Wildman–Crippen LogP) is 2.44. The Hall–Kier alpha value is -2.04. The molecule has 114 valence electrons. The first-order valence-corrected chi connectivity index (χ1v) is 7.14. The molecular formula is C16H22N2O3. The molecule has 2 rings (SSSR count). The first-order valence-electron chi connectivity index (χ1n) is 7.14. The van der Waals surface area contributed by atoms with Gasteiger partial charge in [-0.25, -0.2) is 4.79 Å². The largest absolute Gasteiger partial charge is 0.444 e. The number of carbonyl (C=O) groups is 2. The smallest absolute Gasteiger partial charge is 0.410 e. The normalized spacial score (nSPS) is 19.3. The molecule has 1 unspecified atom stereocenters. The maximum atomic E-state index is 12.2. The molecule has 1 heterocycles. The van der Waals surface area contributed by atoms with Crippen LogP contribution in [0.5, 0.6) is 0 Å². The molecule has 0 aromatic heterocycles. The summed E-state index contributed by atoms with van der Waals surface area (Å²) in [6.07, 6.45) is 0.526. The number of amides is 2. The summed E-state index contributed by atoms with van der Waals surface area (Å²) in [4.78, 5) is 26.8. The van der Waals surface area contributed by atoms with E-state index in [1.165, 1.54) is 0 Å². The number of piperazine rings is 1. The molecule has 1 aromatic rings. The van der Waals surface area contributed by atoms with E-state index in [0.29, 0.717) is 19.6 Å². The molecule has 0 N–H and O–H groups in total. The highest BCUT2D eigenvalue weighted by Gasteiger charge is 2.32. The van der Waals surface area contributed by atoms with Crippen LogP contribution in [-0.2, 0) is 9.53 Å². The Morgan fingerprint density at radius 1 is 1.24 bits per heavy atom. The number of benzene rings is 1. The van der Waals surface area contributed by atoms with Gasteiger partial charge in [-0.15, -0.1) is 0 Å². The Balaban J connectivity index is 2.12. The molecule has 1 atom stereocenters. The van der Waals surface area contributed by atoms with Crippen molar-refractivity contribution in [1.82, 2.24) is 9.80 Å². The predicted molar refractivity (Wildman–Crippen MR) is 79.8 cm³/mol. The standard InChI is InChI=1S/C16H22N2O3/c1-16(2,3)21-15(20)17-9-10-18(12-19)14(11-17)13-7-5-4-6-8-13/h4-8,12,14H,9-11H2,1-3H3. The lowest BCUT2D eigenvalue weighted by Crippen LogP contribution is -2.51. The number of hydrogen-bond acceptors (Lipinski definition) is 3. The number of nitrogens with zero attached hydrogens (tertiary/aromatic N) is 2. The minimum Gasteiger partial charge on any atom is -0.444 e. The van der Waals surface area contributed by atoms with Gasteiger partial charge in [-0.3, -0.25) is 4.79 Å². The molecule has 5 nitrogen and oxygen atoms in total. The quantitative estimate of drug-likeness (QED) is 0.786. The minimum atomic E-state index is -0.513. The number of hydrogen-bond donors (Lipinski definition) is 0. The zero-order chi connectivity index (χ0) is 15.5. The summed E-state index contributed by atoms with van der Waals surface area (Å²) in [7, 11) is 0. The van der Waals surface area contributed by atoms with Crippen molar-refractivity contribution in [3.63, 3.8) is 0 Å². The molecule has 1 fully saturated rings. The second kappa shape index (κ2) is 6.16. The summed E-state index contributed by atoms with van der Waals surface area (Å²) >= 11 is 0. The number of ether oxygens (including phenoxy) is 1. The first-order chi connectivity index (χ1) is 9.90. The fraction of sp³-hybridized carbons (Fsp3) is 0.500. The van der Waals surface area contributed by atoms with Crippen LogP contribution in [0.1, 0.15) is 32.4 Å². The van der Waals surface area contributed by atoms with Crippen LogP contribution in [0.25, 0.3) is 0 Å². The van der Waals surface area contributed by atoms with Crippen molar-refractivity contribution in [2.45, 2.75) is 32.4 Å². The van der Waals surface area contributed by atoms with Crippen LogP contribution >= 0.6 is 0 Å². The van der Waals surface area contributed by atoms with Crippen LogP contribution in [0.4, 0.5) is 4.79 Å². The van der Waals surface area contributed by atoms with Crippen molar-refractivity contribution >= 4 is 12.5 Å². The third kappa shape index (κ3) is 3.97. The highest BCUT2D eigenvalue weighted by molar-refractivity contribution is 5.68. The summed E-state index contributed by atoms with van der Waals surface area (Å²) in [5.74, 6) is 0. The maximum absolute atomic E-state index is 12.2. The SMILES string of the molecule is CC(C)(C)OC(=O)N1CCN(C=O)C(c2ccccc2)C1. The van der Waals surface area contributed by atoms with Gasteiger partial charge in [0, 0.05) is 19.6 Å². The second-order valence-corrected chi connectivity index (χ2v) is 6.20. The number of rotatable bonds is 2. The molecular weight excluding hydrogens is 268 g/mol. The maximum Gasteiger partial charge on any atom is 0.410 e. The van der Waals surface area contributed by atoms with Gasteiger partial charge in [-0.1, -0.05) is 30.3 Å². The molecule has 1 saturated heterocycles. The monoisotopic (exact) mass is 290 g/mol. The Labute approximate surface area is 125 Å². The molecule has 2 amide bonds. The van der Waals surface area contributed by atoms with Gasteiger partial charge in [-0.05, 0) is 26.3 Å². The molecule has 0 aliphatic carbocycles. The van der Waals surface area contributed by atoms with Gasteiger partial charge in [0.1, 0.15) is 5.60 Å². The van der Waals surface area contributed by atoms with Crippen molar-refractivity contribution in [1.29, 1.82) is 0 Å². The number of carbonyl (C=O) groups excluding carboxylic acids is 2. The Bertz CT molecular complexity index is 496. The first kappa shape index (κ1) is 15.4. The van der Waals surface area contributed by atoms with Crippen LogP contribution in [-0.4, -0.2) is 47.5 Å². The highest BCUT2D eigenvalue weighted by Crippen LogP contribution is 2.25. The van der Waals surface area contributed by atoms with Crippen molar-refractivity contribution < 1.29 is 14.3 Å². The minimum absolute atomic E-state index is 0.120. The Kier molecular flexibility index (Phi) is 4.50. The highest BCUT2D eigenvalue weighted by atomic mass is 16.6. The Morgan fingerprint density at radius 3 is 2.48 bits per heavy atom. The summed E-state index contributed by atoms with van der Waals surface area (Å²) in [6.45, 7) is 7.01. The van der Waals surface area contributed by atoms with Gasteiger partial charge < -0.3 is 14.5 Å². The second-order valence-electron chi connectivity index (χ2n) is 6.20. The van der Waals surface area contributed by atoms with Gasteiger partial charge in [-0.2, -0.15) is 0 Å². The van der Waals surface area contributed by atoms with Crippen LogP contribution in [0.2, 0.25) is 0 Å². The van der Waals surface area contributed by atoms with Gasteiger partial charge in [0.05, 0.1) is 6.04 Å². The summed E-state index contributed by atoms with van der Waals surface area (Å²) in [5, 5.41) is 0. The van der Waals surface area contributed by atoms with Gasteiger partial charge in [0.2, 0.25) is 6.41 Å². The molecule has 0 radical (unpaired) electrons. The van der Waals surface area contributed by atoms with E-state index in [1.807, 2.05) is 51.1 Å². The van der Waals surface area contributed by atoms with E-state index in [4.69, 9.17) is 4.74 Å². The van der Waals surface area contributed by atoms with E-state index in [-0.39, 0.29) is 12.1 Å². The lowest BCUT2D eigenvalue weighted by molar-refractivity contribution is -0.122. The summed E-state index contributed by atoms with van der Waals surface area (Å²) in [5.41, 5.74) is 0.513. The molecule has 21 heavy (non-hydrogen) atoms. The van der Waals surface area contributed by atoms with E-state index < -0.39 is 5.60 Å². The fourth-order valence-corrected chi connectivity index (χ4v) is 2.39. The Morgan fingerprint density at radius 2 is 1.90 bits per heavy atom. The molecule has 5 heteroatoms. The molecule has 0 bridgehead atoms. The van der Waals surface area contributed by atoms with Gasteiger partial charge in [0.15, 0.2) is 0 Å². The van der Waals surface area contributed by atoms with E-state index in [0.717, 1.165) is 12.0 Å². The molecule has 1 aliphatic rings. The lowest BCUT2D eigenvalue weighted by atomic mass is 10.0. The molecule has 1 aromatic carbocycles. The summed E-state index contributed by atoms with van der Waals surface area (Å²) < 4.78 is 5.41. The third-order valence-electron chi connectivity index (χ3n) is 3.39. The van der Waals surface area contributed by atoms with E-state index >= 15 is 0 Å². The van der Waals surface area contributed by atoms with E-state index in [1.54, 1.807) is 9.80 Å².